The minimum atomic E-state index is -0.394. The van der Waals surface area contributed by atoms with Gasteiger partial charge in [-0.15, -0.1) is 0 Å². The molecule has 3 aromatic heterocycles. The molecule has 1 aliphatic heterocycles. The van der Waals surface area contributed by atoms with E-state index in [-0.39, 0.29) is 11.5 Å². The fourth-order valence-corrected chi connectivity index (χ4v) is 4.51. The lowest BCUT2D eigenvalue weighted by Gasteiger charge is -2.35. The van der Waals surface area contributed by atoms with Gasteiger partial charge in [0.15, 0.2) is 5.52 Å². The lowest BCUT2D eigenvalue weighted by atomic mass is 10.2. The van der Waals surface area contributed by atoms with Crippen LogP contribution in [0.25, 0.3) is 10.3 Å². The highest BCUT2D eigenvalue weighted by Crippen LogP contribution is 2.20. The number of piperazine rings is 1. The minimum Gasteiger partial charge on any atom is -0.368 e. The van der Waals surface area contributed by atoms with Crippen molar-refractivity contribution in [1.82, 2.24) is 29.7 Å². The summed E-state index contributed by atoms with van der Waals surface area (Å²) in [6.45, 7) is 6.03. The van der Waals surface area contributed by atoms with Gasteiger partial charge in [0.25, 0.3) is 11.5 Å². The minimum absolute atomic E-state index is 0.200. The maximum atomic E-state index is 12.4. The second kappa shape index (κ2) is 8.36. The van der Waals surface area contributed by atoms with Crippen LogP contribution in [0.2, 0.25) is 0 Å². The molecule has 1 fully saturated rings. The number of aromatic amines is 1. The van der Waals surface area contributed by atoms with Crippen LogP contribution in [0, 0.1) is 0 Å². The smallest absolute Gasteiger partial charge is 0.329 e. The predicted octanol–water partition coefficient (Wildman–Crippen LogP) is 0.243. The molecule has 0 saturated carbocycles. The number of aromatic nitrogens is 4. The normalized spacial score (nSPS) is 14.9. The van der Waals surface area contributed by atoms with Crippen molar-refractivity contribution >= 4 is 33.3 Å². The molecule has 0 aliphatic carbocycles. The quantitative estimate of drug-likeness (QED) is 0.597. The van der Waals surface area contributed by atoms with Crippen LogP contribution in [-0.2, 0) is 13.1 Å². The number of H-pyrrole nitrogens is 1. The van der Waals surface area contributed by atoms with Crippen LogP contribution in [0.1, 0.15) is 22.4 Å². The molecule has 30 heavy (non-hydrogen) atoms. The molecular formula is C19H23N7O3S. The molecular weight excluding hydrogens is 406 g/mol. The number of amides is 1. The summed E-state index contributed by atoms with van der Waals surface area (Å²) in [4.78, 5) is 52.5. The Morgan fingerprint density at radius 3 is 2.63 bits per heavy atom. The average Bonchev–Trinajstić information content (AvgIpc) is 3.16. The highest BCUT2D eigenvalue weighted by atomic mass is 32.1. The molecule has 1 aliphatic rings. The summed E-state index contributed by atoms with van der Waals surface area (Å²) in [6, 6.07) is 3.64. The van der Waals surface area contributed by atoms with Gasteiger partial charge in [0.1, 0.15) is 15.5 Å². The van der Waals surface area contributed by atoms with E-state index >= 15 is 0 Å². The molecule has 11 heteroatoms. The van der Waals surface area contributed by atoms with Gasteiger partial charge in [0.2, 0.25) is 0 Å². The number of fused-ring (bicyclic) bond motifs is 1. The third kappa shape index (κ3) is 3.85. The number of hydrogen-bond donors (Lipinski definition) is 2. The third-order valence-corrected chi connectivity index (χ3v) is 6.16. The zero-order valence-corrected chi connectivity index (χ0v) is 17.7. The van der Waals surface area contributed by atoms with Gasteiger partial charge in [-0.25, -0.2) is 14.8 Å². The first-order valence-corrected chi connectivity index (χ1v) is 10.6. The molecule has 4 rings (SSSR count). The largest absolute Gasteiger partial charge is 0.368 e. The number of pyridine rings is 1. The van der Waals surface area contributed by atoms with Crippen LogP contribution in [-0.4, -0.2) is 63.6 Å². The summed E-state index contributed by atoms with van der Waals surface area (Å²) in [5.74, 6) is -0.200. The Bertz CT molecular complexity index is 1170. The van der Waals surface area contributed by atoms with E-state index in [1.165, 1.54) is 11.3 Å². The molecule has 158 valence electrons. The van der Waals surface area contributed by atoms with Crippen molar-refractivity contribution < 1.29 is 4.79 Å². The van der Waals surface area contributed by atoms with Gasteiger partial charge in [0, 0.05) is 39.8 Å². The van der Waals surface area contributed by atoms with Crippen LogP contribution in [0.4, 0.5) is 5.69 Å². The van der Waals surface area contributed by atoms with Crippen molar-refractivity contribution in [2.75, 3.05) is 38.1 Å². The Morgan fingerprint density at radius 1 is 1.23 bits per heavy atom. The van der Waals surface area contributed by atoms with E-state index in [4.69, 9.17) is 0 Å². The van der Waals surface area contributed by atoms with Crippen molar-refractivity contribution in [2.24, 2.45) is 0 Å². The van der Waals surface area contributed by atoms with Gasteiger partial charge < -0.3 is 10.2 Å². The van der Waals surface area contributed by atoms with E-state index in [9.17, 15) is 14.4 Å². The number of nitrogens with one attached hydrogen (secondary N) is 2. The van der Waals surface area contributed by atoms with Crippen LogP contribution in [0.15, 0.2) is 27.9 Å². The Hall–Kier alpha value is -3.05. The number of nitrogens with zero attached hydrogens (tertiary/aromatic N) is 5. The first-order chi connectivity index (χ1) is 14.5. The van der Waals surface area contributed by atoms with Gasteiger partial charge >= 0.3 is 5.69 Å². The molecule has 0 aromatic carbocycles. The van der Waals surface area contributed by atoms with Gasteiger partial charge in [-0.05, 0) is 19.1 Å². The van der Waals surface area contributed by atoms with E-state index in [0.717, 1.165) is 41.4 Å². The average molecular weight is 430 g/mol. The fourth-order valence-electron chi connectivity index (χ4n) is 3.52. The monoisotopic (exact) mass is 429 g/mol. The van der Waals surface area contributed by atoms with Gasteiger partial charge in [-0.2, -0.15) is 0 Å². The maximum absolute atomic E-state index is 12.4. The fraction of sp³-hybridized carbons (Fsp3) is 0.421. The highest BCUT2D eigenvalue weighted by Gasteiger charge is 2.20. The van der Waals surface area contributed by atoms with Gasteiger partial charge in [0.05, 0.1) is 18.4 Å². The molecule has 0 atom stereocenters. The van der Waals surface area contributed by atoms with Crippen molar-refractivity contribution in [3.63, 3.8) is 0 Å². The van der Waals surface area contributed by atoms with Crippen molar-refractivity contribution in [2.45, 2.75) is 20.0 Å². The third-order valence-electron chi connectivity index (χ3n) is 5.20. The molecule has 0 unspecified atom stereocenters. The van der Waals surface area contributed by atoms with Crippen LogP contribution in [0.5, 0.6) is 0 Å². The number of carbonyl (C=O) groups excluding carboxylic acids is 1. The van der Waals surface area contributed by atoms with E-state index in [2.05, 4.69) is 30.1 Å². The summed E-state index contributed by atoms with van der Waals surface area (Å²) in [7, 11) is 1.58. The zero-order valence-electron chi connectivity index (χ0n) is 16.8. The molecule has 1 saturated heterocycles. The number of hydrogen-bond acceptors (Lipinski definition) is 8. The van der Waals surface area contributed by atoms with Crippen LogP contribution >= 0.6 is 11.3 Å². The van der Waals surface area contributed by atoms with Crippen LogP contribution < -0.4 is 21.5 Å². The maximum Gasteiger partial charge on any atom is 0.329 e. The second-order valence-corrected chi connectivity index (χ2v) is 8.09. The highest BCUT2D eigenvalue weighted by molar-refractivity contribution is 7.18. The topological polar surface area (TPSA) is 116 Å². The Kier molecular flexibility index (Phi) is 5.64. The van der Waals surface area contributed by atoms with Gasteiger partial charge in [-0.3, -0.25) is 24.0 Å². The van der Waals surface area contributed by atoms with E-state index in [1.54, 1.807) is 26.2 Å². The zero-order chi connectivity index (χ0) is 21.3. The van der Waals surface area contributed by atoms with E-state index in [1.807, 2.05) is 6.07 Å². The predicted molar refractivity (Wildman–Crippen MR) is 115 cm³/mol. The Morgan fingerprint density at radius 2 is 2.00 bits per heavy atom. The summed E-state index contributed by atoms with van der Waals surface area (Å²) < 4.78 is 1.16. The molecule has 3 aromatic rings. The second-order valence-electron chi connectivity index (χ2n) is 7.01. The first kappa shape index (κ1) is 20.2. The van der Waals surface area contributed by atoms with Crippen molar-refractivity contribution in [3.8, 4) is 0 Å². The van der Waals surface area contributed by atoms with Crippen molar-refractivity contribution in [1.29, 1.82) is 0 Å². The molecule has 0 bridgehead atoms. The number of thiazole rings is 1. The number of anilines is 1. The SMILES string of the molecule is CCn1c(=O)[nH]c2sc(CN3CCN(c4ccc(C(=O)NC)nc4)CC3)nc2c1=O. The molecule has 2 N–H and O–H groups in total. The number of rotatable bonds is 5. The van der Waals surface area contributed by atoms with Gasteiger partial charge in [-0.1, -0.05) is 11.3 Å². The Balaban J connectivity index is 1.41. The molecule has 4 heterocycles. The summed E-state index contributed by atoms with van der Waals surface area (Å²) in [5.41, 5.74) is 0.986. The Labute approximate surface area is 176 Å². The van der Waals surface area contributed by atoms with E-state index in [0.29, 0.717) is 29.1 Å². The lowest BCUT2D eigenvalue weighted by Crippen LogP contribution is -2.46. The molecule has 0 spiro atoms. The van der Waals surface area contributed by atoms with Crippen LogP contribution in [0.3, 0.4) is 0 Å². The summed E-state index contributed by atoms with van der Waals surface area (Å²) in [6.07, 6.45) is 1.73. The van der Waals surface area contributed by atoms with E-state index < -0.39 is 5.69 Å². The summed E-state index contributed by atoms with van der Waals surface area (Å²) in [5, 5.41) is 3.38. The molecule has 1 amide bonds. The lowest BCUT2D eigenvalue weighted by molar-refractivity contribution is 0.0958. The number of carbonyl (C=O) groups is 1. The molecule has 0 radical (unpaired) electrons. The molecule has 10 nitrogen and oxygen atoms in total. The van der Waals surface area contributed by atoms with Crippen molar-refractivity contribution in [3.05, 3.63) is 49.9 Å². The first-order valence-electron chi connectivity index (χ1n) is 9.78. The standard InChI is InChI=1S/C19H23N7O3S/c1-3-26-18(28)15-17(23-19(26)29)30-14(22-15)11-24-6-8-25(9-7-24)12-4-5-13(21-10-12)16(27)20-2/h4-5,10H,3,6-9,11H2,1-2H3,(H,20,27)(H,23,29). The summed E-state index contributed by atoms with van der Waals surface area (Å²) >= 11 is 1.36.